The fraction of sp³-hybridized carbons (Fsp3) is 0.259. The number of aromatic nitrogens is 2. The normalized spacial score (nSPS) is 12.6. The lowest BCUT2D eigenvalue weighted by Gasteiger charge is -2.27. The van der Waals surface area contributed by atoms with Gasteiger partial charge >= 0.3 is 6.18 Å². The van der Waals surface area contributed by atoms with Crippen LogP contribution in [0, 0.1) is 13.8 Å². The summed E-state index contributed by atoms with van der Waals surface area (Å²) in [6.45, 7) is 6.17. The number of fused-ring (bicyclic) bond motifs is 1. The highest BCUT2D eigenvalue weighted by Crippen LogP contribution is 2.29. The quantitative estimate of drug-likeness (QED) is 0.326. The first-order valence-corrected chi connectivity index (χ1v) is 11.1. The molecule has 0 unspecified atom stereocenters. The van der Waals surface area contributed by atoms with Crippen molar-refractivity contribution in [1.82, 2.24) is 9.55 Å². The van der Waals surface area contributed by atoms with Gasteiger partial charge < -0.3 is 9.47 Å². The van der Waals surface area contributed by atoms with Crippen LogP contribution in [0.4, 0.5) is 18.9 Å². The summed E-state index contributed by atoms with van der Waals surface area (Å²) in [5.74, 6) is -0.113. The molecule has 0 aliphatic rings. The molecule has 34 heavy (non-hydrogen) atoms. The van der Waals surface area contributed by atoms with Crippen LogP contribution in [-0.2, 0) is 17.4 Å². The van der Waals surface area contributed by atoms with Gasteiger partial charge in [-0.25, -0.2) is 4.98 Å². The van der Waals surface area contributed by atoms with Crippen LogP contribution in [0.25, 0.3) is 11.0 Å². The third kappa shape index (κ3) is 4.83. The van der Waals surface area contributed by atoms with Crippen LogP contribution >= 0.6 is 0 Å². The van der Waals surface area contributed by atoms with Crippen molar-refractivity contribution in [3.05, 3.63) is 95.3 Å². The van der Waals surface area contributed by atoms with Crippen molar-refractivity contribution in [3.63, 3.8) is 0 Å². The Bertz CT molecular complexity index is 1310. The largest absolute Gasteiger partial charge is 0.416 e. The Morgan fingerprint density at radius 3 is 2.38 bits per heavy atom. The second-order valence-electron chi connectivity index (χ2n) is 8.52. The van der Waals surface area contributed by atoms with Crippen molar-refractivity contribution in [2.45, 2.75) is 39.4 Å². The monoisotopic (exact) mass is 465 g/mol. The highest BCUT2D eigenvalue weighted by molar-refractivity contribution is 5.97. The third-order valence-electron chi connectivity index (χ3n) is 6.23. The maximum absolute atomic E-state index is 13.7. The number of hydrogen-bond acceptors (Lipinski definition) is 2. The molecule has 0 N–H and O–H groups in total. The Balaban J connectivity index is 1.62. The number of halogens is 3. The number of rotatable bonds is 6. The predicted octanol–water partition coefficient (Wildman–Crippen LogP) is 6.51. The Labute approximate surface area is 196 Å². The maximum atomic E-state index is 13.7. The summed E-state index contributed by atoms with van der Waals surface area (Å²) in [4.78, 5) is 19.8. The van der Waals surface area contributed by atoms with Crippen LogP contribution in [0.5, 0.6) is 0 Å². The lowest BCUT2D eigenvalue weighted by Crippen LogP contribution is -2.37. The average Bonchev–Trinajstić information content (AvgIpc) is 3.24. The Morgan fingerprint density at radius 1 is 1.00 bits per heavy atom. The molecule has 1 amide bonds. The molecule has 0 radical (unpaired) electrons. The first-order chi connectivity index (χ1) is 16.1. The van der Waals surface area contributed by atoms with E-state index >= 15 is 0 Å². The topological polar surface area (TPSA) is 38.1 Å². The second-order valence-corrected chi connectivity index (χ2v) is 8.52. The molecule has 4 rings (SSSR count). The van der Waals surface area contributed by atoms with Crippen molar-refractivity contribution in [3.8, 4) is 0 Å². The van der Waals surface area contributed by atoms with E-state index in [0.717, 1.165) is 45.5 Å². The highest BCUT2D eigenvalue weighted by Gasteiger charge is 2.30. The third-order valence-corrected chi connectivity index (χ3v) is 6.23. The van der Waals surface area contributed by atoms with Gasteiger partial charge in [0.05, 0.1) is 22.9 Å². The summed E-state index contributed by atoms with van der Waals surface area (Å²) in [5.41, 5.74) is 4.67. The van der Waals surface area contributed by atoms with Crippen molar-refractivity contribution < 1.29 is 18.0 Å². The Morgan fingerprint density at radius 2 is 1.71 bits per heavy atom. The maximum Gasteiger partial charge on any atom is 0.416 e. The first kappa shape index (κ1) is 23.5. The van der Waals surface area contributed by atoms with E-state index in [2.05, 4.69) is 4.98 Å². The summed E-state index contributed by atoms with van der Waals surface area (Å²) >= 11 is 0. The summed E-state index contributed by atoms with van der Waals surface area (Å²) < 4.78 is 40.6. The molecule has 1 atom stereocenters. The first-order valence-electron chi connectivity index (χ1n) is 11.1. The molecule has 0 saturated carbocycles. The zero-order valence-electron chi connectivity index (χ0n) is 19.3. The number of carbonyl (C=O) groups excluding carboxylic acids is 1. The number of anilines is 1. The van der Waals surface area contributed by atoms with Crippen molar-refractivity contribution in [2.75, 3.05) is 11.4 Å². The van der Waals surface area contributed by atoms with E-state index in [4.69, 9.17) is 0 Å². The van der Waals surface area contributed by atoms with Gasteiger partial charge in [-0.15, -0.1) is 0 Å². The number of hydrogen-bond donors (Lipinski definition) is 0. The lowest BCUT2D eigenvalue weighted by molar-refractivity contribution is -0.137. The zero-order chi connectivity index (χ0) is 24.5. The van der Waals surface area contributed by atoms with Crippen LogP contribution in [0.15, 0.2) is 73.1 Å². The van der Waals surface area contributed by atoms with Crippen molar-refractivity contribution in [2.24, 2.45) is 0 Å². The van der Waals surface area contributed by atoms with Gasteiger partial charge in [-0.05, 0) is 80.3 Å². The number of aryl methyl sites for hydroxylation is 2. The molecule has 0 fully saturated rings. The predicted molar refractivity (Wildman–Crippen MR) is 128 cm³/mol. The average molecular weight is 466 g/mol. The highest BCUT2D eigenvalue weighted by atomic mass is 19.4. The lowest BCUT2D eigenvalue weighted by atomic mass is 10.1. The van der Waals surface area contributed by atoms with E-state index in [1.165, 1.54) is 12.1 Å². The zero-order valence-corrected chi connectivity index (χ0v) is 19.3. The number of benzene rings is 3. The molecule has 1 heterocycles. The van der Waals surface area contributed by atoms with Gasteiger partial charge in [-0.1, -0.05) is 30.3 Å². The van der Waals surface area contributed by atoms with Crippen molar-refractivity contribution >= 4 is 22.6 Å². The van der Waals surface area contributed by atoms with Crippen LogP contribution in [0.1, 0.15) is 35.2 Å². The number of para-hydroxylation sites is 2. The number of carbonyl (C=O) groups is 1. The number of amides is 1. The Hall–Kier alpha value is -3.61. The van der Waals surface area contributed by atoms with E-state index in [1.54, 1.807) is 11.2 Å². The number of alkyl halides is 3. The van der Waals surface area contributed by atoms with Crippen LogP contribution < -0.4 is 4.90 Å². The van der Waals surface area contributed by atoms with Crippen LogP contribution in [-0.4, -0.2) is 22.0 Å². The van der Waals surface area contributed by atoms with E-state index in [1.807, 2.05) is 67.8 Å². The van der Waals surface area contributed by atoms with Gasteiger partial charge in [0, 0.05) is 12.2 Å². The molecule has 4 nitrogen and oxygen atoms in total. The minimum Gasteiger partial charge on any atom is -0.318 e. The molecule has 7 heteroatoms. The second kappa shape index (κ2) is 9.33. The molecule has 0 aliphatic carbocycles. The van der Waals surface area contributed by atoms with Crippen molar-refractivity contribution in [1.29, 1.82) is 0 Å². The van der Waals surface area contributed by atoms with Gasteiger partial charge in [0.15, 0.2) is 0 Å². The SMILES string of the molecule is Cc1ccc(N(CCc2ccc(C(F)(F)F)cc2)C(=O)[C@@H](C)n2cnc3ccccc32)cc1C. The minimum absolute atomic E-state index is 0.113. The fourth-order valence-electron chi connectivity index (χ4n) is 3.99. The fourth-order valence-corrected chi connectivity index (χ4v) is 3.99. The standard InChI is InChI=1S/C27H26F3N3O/c1-18-8-13-23(16-19(18)2)32(15-14-21-9-11-22(12-10-21)27(28,29)30)26(34)20(3)33-17-31-24-6-4-5-7-25(24)33/h4-13,16-17,20H,14-15H2,1-3H3/t20-/m1/s1. The summed E-state index contributed by atoms with van der Waals surface area (Å²) in [7, 11) is 0. The van der Waals surface area contributed by atoms with Gasteiger partial charge in [0.1, 0.15) is 6.04 Å². The van der Waals surface area contributed by atoms with E-state index in [-0.39, 0.29) is 5.91 Å². The molecule has 4 aromatic rings. The Kier molecular flexibility index (Phi) is 6.46. The number of nitrogens with zero attached hydrogens (tertiary/aromatic N) is 3. The van der Waals surface area contributed by atoms with E-state index in [9.17, 15) is 18.0 Å². The molecule has 176 valence electrons. The smallest absolute Gasteiger partial charge is 0.318 e. The number of imidazole rings is 1. The van der Waals surface area contributed by atoms with E-state index < -0.39 is 17.8 Å². The summed E-state index contributed by atoms with van der Waals surface area (Å²) in [6, 6.07) is 18.1. The molecule has 0 spiro atoms. The molecule has 0 bridgehead atoms. The van der Waals surface area contributed by atoms with E-state index in [0.29, 0.717) is 13.0 Å². The van der Waals surface area contributed by atoms with Gasteiger partial charge in [-0.2, -0.15) is 13.2 Å². The molecular weight excluding hydrogens is 439 g/mol. The summed E-state index contributed by atoms with van der Waals surface area (Å²) in [5, 5.41) is 0. The molecule has 0 aliphatic heterocycles. The van der Waals surface area contributed by atoms with Gasteiger partial charge in [0.25, 0.3) is 0 Å². The van der Waals surface area contributed by atoms with Gasteiger partial charge in [-0.3, -0.25) is 4.79 Å². The van der Waals surface area contributed by atoms with Crippen LogP contribution in [0.2, 0.25) is 0 Å². The molecule has 3 aromatic carbocycles. The molecular formula is C27H26F3N3O. The molecule has 0 saturated heterocycles. The summed E-state index contributed by atoms with van der Waals surface area (Å²) in [6.07, 6.45) is -2.28. The minimum atomic E-state index is -4.37. The molecule has 1 aromatic heterocycles. The van der Waals surface area contributed by atoms with Gasteiger partial charge in [0.2, 0.25) is 5.91 Å². The van der Waals surface area contributed by atoms with Crippen LogP contribution in [0.3, 0.4) is 0 Å².